The Hall–Kier alpha value is -1.16. The minimum atomic E-state index is -1.08. The van der Waals surface area contributed by atoms with Crippen LogP contribution in [-0.4, -0.2) is 18.8 Å². The van der Waals surface area contributed by atoms with Crippen LogP contribution in [0.5, 0.6) is 5.75 Å². The molecule has 1 rings (SSSR count). The molecule has 1 aromatic carbocycles. The van der Waals surface area contributed by atoms with E-state index in [9.17, 15) is 13.6 Å². The maximum atomic E-state index is 13.1. The molecule has 0 atom stereocenters. The van der Waals surface area contributed by atoms with Crippen molar-refractivity contribution in [1.82, 2.24) is 0 Å². The first-order valence-corrected chi connectivity index (χ1v) is 5.75. The number of rotatable bonds is 6. The first kappa shape index (κ1) is 13.9. The molecule has 5 heteroatoms. The van der Waals surface area contributed by atoms with Crippen molar-refractivity contribution in [2.24, 2.45) is 0 Å². The van der Waals surface area contributed by atoms with Crippen molar-refractivity contribution >= 4 is 17.4 Å². The molecule has 1 aromatic rings. The van der Waals surface area contributed by atoms with Crippen molar-refractivity contribution in [2.75, 3.05) is 13.0 Å². The third-order valence-electron chi connectivity index (χ3n) is 2.32. The fourth-order valence-electron chi connectivity index (χ4n) is 1.40. The molecule has 0 amide bonds. The summed E-state index contributed by atoms with van der Waals surface area (Å²) >= 11 is 5.48. The molecule has 0 unspecified atom stereocenters. The fourth-order valence-corrected chi connectivity index (χ4v) is 1.59. The quantitative estimate of drug-likeness (QED) is 0.445. The first-order valence-electron chi connectivity index (χ1n) is 5.22. The van der Waals surface area contributed by atoms with E-state index in [1.165, 1.54) is 13.2 Å². The average molecular weight is 263 g/mol. The second kappa shape index (κ2) is 6.55. The molecule has 0 aliphatic rings. The van der Waals surface area contributed by atoms with E-state index < -0.39 is 11.6 Å². The minimum Gasteiger partial charge on any atom is -0.494 e. The van der Waals surface area contributed by atoms with E-state index in [0.717, 1.165) is 6.07 Å². The average Bonchev–Trinajstić information content (AvgIpc) is 2.32. The normalized spacial score (nSPS) is 10.4. The lowest BCUT2D eigenvalue weighted by molar-refractivity contribution is 0.0979. The molecule has 0 aromatic heterocycles. The van der Waals surface area contributed by atoms with E-state index in [1.54, 1.807) is 0 Å². The topological polar surface area (TPSA) is 26.3 Å². The number of hydrogen-bond donors (Lipinski definition) is 0. The summed E-state index contributed by atoms with van der Waals surface area (Å²) in [5.41, 5.74) is 0.121. The second-order valence-electron chi connectivity index (χ2n) is 3.54. The summed E-state index contributed by atoms with van der Waals surface area (Å²) < 4.78 is 30.9. The lowest BCUT2D eigenvalue weighted by Gasteiger charge is -2.06. The van der Waals surface area contributed by atoms with Crippen LogP contribution in [0.2, 0.25) is 0 Å². The number of Topliss-reactive ketones (excluding diaryl/α,β-unsaturated/α-hetero) is 1. The molecule has 94 valence electrons. The number of halogens is 3. The van der Waals surface area contributed by atoms with Crippen LogP contribution in [0, 0.1) is 11.6 Å². The van der Waals surface area contributed by atoms with Crippen LogP contribution in [-0.2, 0) is 0 Å². The van der Waals surface area contributed by atoms with Crippen molar-refractivity contribution in [1.29, 1.82) is 0 Å². The number of carbonyl (C=O) groups excluding carboxylic acids is 1. The van der Waals surface area contributed by atoms with Crippen molar-refractivity contribution in [3.8, 4) is 5.75 Å². The van der Waals surface area contributed by atoms with Gasteiger partial charge in [0.2, 0.25) is 5.82 Å². The predicted octanol–water partition coefficient (Wildman–Crippen LogP) is 3.57. The molecular formula is C12H13ClF2O2. The van der Waals surface area contributed by atoms with Crippen molar-refractivity contribution in [3.05, 3.63) is 29.3 Å². The van der Waals surface area contributed by atoms with Gasteiger partial charge in [0, 0.05) is 17.9 Å². The summed E-state index contributed by atoms with van der Waals surface area (Å²) in [6, 6.07) is 2.10. The zero-order valence-corrected chi connectivity index (χ0v) is 10.2. The third kappa shape index (κ3) is 3.66. The largest absolute Gasteiger partial charge is 0.494 e. The summed E-state index contributed by atoms with van der Waals surface area (Å²) in [7, 11) is 1.22. The Kier molecular flexibility index (Phi) is 5.35. The Morgan fingerprint density at radius 3 is 2.65 bits per heavy atom. The number of alkyl halides is 1. The van der Waals surface area contributed by atoms with Crippen LogP contribution in [0.25, 0.3) is 0 Å². The number of hydrogen-bond acceptors (Lipinski definition) is 2. The summed E-state index contributed by atoms with van der Waals surface area (Å²) in [6.45, 7) is 0. The molecule has 0 saturated heterocycles. The Morgan fingerprint density at radius 1 is 1.35 bits per heavy atom. The highest BCUT2D eigenvalue weighted by molar-refractivity contribution is 6.17. The smallest absolute Gasteiger partial charge is 0.200 e. The van der Waals surface area contributed by atoms with Gasteiger partial charge in [0.1, 0.15) is 0 Å². The molecule has 0 saturated carbocycles. The molecule has 0 bridgehead atoms. The first-order chi connectivity index (χ1) is 8.10. The van der Waals surface area contributed by atoms with Crippen molar-refractivity contribution < 1.29 is 18.3 Å². The van der Waals surface area contributed by atoms with Gasteiger partial charge < -0.3 is 4.74 Å². The summed E-state index contributed by atoms with van der Waals surface area (Å²) in [6.07, 6.45) is 1.61. The number of carbonyl (C=O) groups is 1. The molecule has 17 heavy (non-hydrogen) atoms. The number of ketones is 1. The van der Waals surface area contributed by atoms with Gasteiger partial charge in [0.15, 0.2) is 17.3 Å². The molecule has 0 radical (unpaired) electrons. The summed E-state index contributed by atoms with van der Waals surface area (Å²) in [4.78, 5) is 11.7. The van der Waals surface area contributed by atoms with Crippen LogP contribution in [0.4, 0.5) is 8.78 Å². The Balaban J connectivity index is 2.83. The third-order valence-corrected chi connectivity index (χ3v) is 2.59. The highest BCUT2D eigenvalue weighted by atomic mass is 35.5. The van der Waals surface area contributed by atoms with Crippen LogP contribution < -0.4 is 4.74 Å². The van der Waals surface area contributed by atoms with Crippen LogP contribution in [0.15, 0.2) is 12.1 Å². The molecule has 0 aliphatic carbocycles. The van der Waals surface area contributed by atoms with E-state index in [0.29, 0.717) is 18.7 Å². The second-order valence-corrected chi connectivity index (χ2v) is 3.92. The maximum absolute atomic E-state index is 13.1. The highest BCUT2D eigenvalue weighted by Gasteiger charge is 2.15. The van der Waals surface area contributed by atoms with Crippen molar-refractivity contribution in [2.45, 2.75) is 19.3 Å². The lowest BCUT2D eigenvalue weighted by Crippen LogP contribution is -2.03. The molecule has 0 fully saturated rings. The van der Waals surface area contributed by atoms with Gasteiger partial charge in [0.25, 0.3) is 0 Å². The number of methoxy groups -OCH3 is 1. The maximum Gasteiger partial charge on any atom is 0.200 e. The zero-order chi connectivity index (χ0) is 12.8. The van der Waals surface area contributed by atoms with Gasteiger partial charge in [-0.05, 0) is 25.0 Å². The van der Waals surface area contributed by atoms with Crippen LogP contribution in [0.3, 0.4) is 0 Å². The molecule has 0 spiro atoms. The standard InChI is InChI=1S/C12H13ClF2O2/c1-17-11-7-8(6-9(14)12(11)15)10(16)4-2-3-5-13/h6-7H,2-5H2,1H3. The predicted molar refractivity (Wildman–Crippen MR) is 61.8 cm³/mol. The van der Waals surface area contributed by atoms with E-state index in [2.05, 4.69) is 4.74 Å². The Bertz CT molecular complexity index is 408. The SMILES string of the molecule is COc1cc(C(=O)CCCCCl)cc(F)c1F. The van der Waals surface area contributed by atoms with Crippen LogP contribution >= 0.6 is 11.6 Å². The lowest BCUT2D eigenvalue weighted by atomic mass is 10.1. The van der Waals surface area contributed by atoms with E-state index >= 15 is 0 Å². The Labute approximate surface area is 104 Å². The summed E-state index contributed by atoms with van der Waals surface area (Å²) in [5, 5.41) is 0. The highest BCUT2D eigenvalue weighted by Crippen LogP contribution is 2.23. The fraction of sp³-hybridized carbons (Fsp3) is 0.417. The van der Waals surface area contributed by atoms with Gasteiger partial charge in [-0.15, -0.1) is 11.6 Å². The van der Waals surface area contributed by atoms with Crippen LogP contribution in [0.1, 0.15) is 29.6 Å². The number of ether oxygens (including phenoxy) is 1. The van der Waals surface area contributed by atoms with Gasteiger partial charge in [0.05, 0.1) is 7.11 Å². The zero-order valence-electron chi connectivity index (χ0n) is 9.43. The number of unbranched alkanes of at least 4 members (excludes halogenated alkanes) is 1. The van der Waals surface area contributed by atoms with E-state index in [1.807, 2.05) is 0 Å². The molecule has 0 heterocycles. The molecule has 2 nitrogen and oxygen atoms in total. The van der Waals surface area contributed by atoms with Gasteiger partial charge >= 0.3 is 0 Å². The van der Waals surface area contributed by atoms with E-state index in [4.69, 9.17) is 11.6 Å². The Morgan fingerprint density at radius 2 is 2.06 bits per heavy atom. The van der Waals surface area contributed by atoms with Gasteiger partial charge in [-0.25, -0.2) is 4.39 Å². The minimum absolute atomic E-state index is 0.121. The van der Waals surface area contributed by atoms with Gasteiger partial charge in [-0.1, -0.05) is 0 Å². The van der Waals surface area contributed by atoms with Crippen molar-refractivity contribution in [3.63, 3.8) is 0 Å². The van der Waals surface area contributed by atoms with Gasteiger partial charge in [-0.2, -0.15) is 4.39 Å². The molecule has 0 N–H and O–H groups in total. The monoisotopic (exact) mass is 262 g/mol. The van der Waals surface area contributed by atoms with E-state index in [-0.39, 0.29) is 23.5 Å². The molecule has 0 aliphatic heterocycles. The number of benzene rings is 1. The molecular weight excluding hydrogens is 250 g/mol. The summed E-state index contributed by atoms with van der Waals surface area (Å²) in [5.74, 6) is -2.18. The van der Waals surface area contributed by atoms with Gasteiger partial charge in [-0.3, -0.25) is 4.79 Å².